The molecule has 0 saturated heterocycles. The van der Waals surface area contributed by atoms with E-state index < -0.39 is 36.2 Å². The molecule has 6 N–H and O–H groups in total. The van der Waals surface area contributed by atoms with Gasteiger partial charge in [-0.2, -0.15) is 0 Å². The smallest absolute Gasteiger partial charge is 0.326 e. The predicted octanol–water partition coefficient (Wildman–Crippen LogP) is 1.69. The van der Waals surface area contributed by atoms with E-state index >= 15 is 0 Å². The Balaban J connectivity index is 2.12. The number of nitrogens with two attached hydrogens (primary N) is 1. The van der Waals surface area contributed by atoms with E-state index in [1.807, 2.05) is 0 Å². The fourth-order valence-electron chi connectivity index (χ4n) is 2.51. The first kappa shape index (κ1) is 23.0. The van der Waals surface area contributed by atoms with Crippen molar-refractivity contribution in [3.8, 4) is 5.75 Å². The lowest BCUT2D eigenvalue weighted by molar-refractivity contribution is -0.140. The average Bonchev–Trinajstić information content (AvgIpc) is 2.64. The maximum Gasteiger partial charge on any atom is 0.326 e. The Hall–Kier alpha value is -3.30. The van der Waals surface area contributed by atoms with Gasteiger partial charge in [0.25, 0.3) is 11.8 Å². The average molecular weight is 454 g/mol. The number of benzene rings is 2. The molecule has 0 heterocycles. The summed E-state index contributed by atoms with van der Waals surface area (Å²) in [5, 5.41) is 23.1. The highest BCUT2D eigenvalue weighted by Crippen LogP contribution is 2.27. The standard InChI is InChI=1S/C19H17Cl2N3O6/c20-12-4-9(8-23-17(27)10-2-1-3-11(25)6-10)5-13(21)16(12)18(28)24-14(19(29)30)7-15(22)26/h1-6,14,25H,7-8H2,(H2,22,26)(H,23,27)(H,24,28)(H,29,30)/t14-/m0/s1. The van der Waals surface area contributed by atoms with Gasteiger partial charge in [-0.25, -0.2) is 4.79 Å². The molecular weight excluding hydrogens is 437 g/mol. The summed E-state index contributed by atoms with van der Waals surface area (Å²) in [7, 11) is 0. The van der Waals surface area contributed by atoms with Crippen LogP contribution in [0.25, 0.3) is 0 Å². The predicted molar refractivity (Wildman–Crippen MR) is 108 cm³/mol. The zero-order valence-corrected chi connectivity index (χ0v) is 16.8. The first-order valence-corrected chi connectivity index (χ1v) is 9.21. The summed E-state index contributed by atoms with van der Waals surface area (Å²) in [4.78, 5) is 46.7. The van der Waals surface area contributed by atoms with Crippen LogP contribution in [0.15, 0.2) is 36.4 Å². The van der Waals surface area contributed by atoms with Gasteiger partial charge < -0.3 is 26.6 Å². The molecule has 0 radical (unpaired) electrons. The van der Waals surface area contributed by atoms with Crippen LogP contribution in [-0.2, 0) is 16.1 Å². The van der Waals surface area contributed by atoms with Crippen molar-refractivity contribution in [3.05, 3.63) is 63.1 Å². The highest BCUT2D eigenvalue weighted by Gasteiger charge is 2.25. The third-order valence-electron chi connectivity index (χ3n) is 3.90. The second kappa shape index (κ2) is 9.95. The number of hydrogen-bond donors (Lipinski definition) is 5. The van der Waals surface area contributed by atoms with Crippen molar-refractivity contribution >= 4 is 46.9 Å². The van der Waals surface area contributed by atoms with Gasteiger partial charge in [-0.1, -0.05) is 29.3 Å². The molecule has 9 nitrogen and oxygen atoms in total. The van der Waals surface area contributed by atoms with Crippen molar-refractivity contribution in [1.29, 1.82) is 0 Å². The molecule has 11 heteroatoms. The van der Waals surface area contributed by atoms with Gasteiger partial charge >= 0.3 is 5.97 Å². The Labute approximate surface area is 180 Å². The summed E-state index contributed by atoms with van der Waals surface area (Å²) in [6.07, 6.45) is -0.602. The number of carbonyl (C=O) groups is 4. The second-order valence-electron chi connectivity index (χ2n) is 6.20. The molecule has 0 saturated carbocycles. The topological polar surface area (TPSA) is 159 Å². The van der Waals surface area contributed by atoms with Gasteiger partial charge in [-0.3, -0.25) is 14.4 Å². The first-order valence-electron chi connectivity index (χ1n) is 8.45. The SMILES string of the molecule is NC(=O)C[C@H](NC(=O)c1c(Cl)cc(CNC(=O)c2cccc(O)c2)cc1Cl)C(=O)O. The molecule has 0 aromatic heterocycles. The van der Waals surface area contributed by atoms with Crippen LogP contribution in [0.1, 0.15) is 32.7 Å². The highest BCUT2D eigenvalue weighted by molar-refractivity contribution is 6.39. The van der Waals surface area contributed by atoms with Crippen LogP contribution in [0, 0.1) is 0 Å². The summed E-state index contributed by atoms with van der Waals surface area (Å²) < 4.78 is 0. The van der Waals surface area contributed by atoms with E-state index in [0.717, 1.165) is 0 Å². The van der Waals surface area contributed by atoms with E-state index in [9.17, 15) is 24.3 Å². The number of primary amides is 1. The van der Waals surface area contributed by atoms with Crippen LogP contribution in [0.5, 0.6) is 5.75 Å². The highest BCUT2D eigenvalue weighted by atomic mass is 35.5. The number of rotatable bonds is 8. The molecule has 0 bridgehead atoms. The molecule has 158 valence electrons. The van der Waals surface area contributed by atoms with Gasteiger partial charge in [0, 0.05) is 12.1 Å². The van der Waals surface area contributed by atoms with E-state index in [1.54, 1.807) is 0 Å². The molecule has 2 rings (SSSR count). The number of phenolic OH excluding ortho intramolecular Hbond substituents is 1. The van der Waals surface area contributed by atoms with Crippen LogP contribution in [0.2, 0.25) is 10.0 Å². The summed E-state index contributed by atoms with van der Waals surface area (Å²) in [5.41, 5.74) is 5.52. The van der Waals surface area contributed by atoms with Gasteiger partial charge in [0.2, 0.25) is 5.91 Å². The molecule has 1 atom stereocenters. The number of aliphatic carboxylic acids is 1. The van der Waals surface area contributed by atoms with Crippen molar-refractivity contribution in [1.82, 2.24) is 10.6 Å². The number of nitrogens with one attached hydrogen (secondary N) is 2. The first-order chi connectivity index (χ1) is 14.1. The molecule has 2 aromatic rings. The minimum Gasteiger partial charge on any atom is -0.508 e. The third-order valence-corrected chi connectivity index (χ3v) is 4.50. The van der Waals surface area contributed by atoms with Crippen LogP contribution in [0.4, 0.5) is 0 Å². The summed E-state index contributed by atoms with van der Waals surface area (Å²) in [6.45, 7) is 0.0231. The largest absolute Gasteiger partial charge is 0.508 e. The number of amides is 3. The molecule has 2 aromatic carbocycles. The lowest BCUT2D eigenvalue weighted by Crippen LogP contribution is -2.43. The monoisotopic (exact) mass is 453 g/mol. The van der Waals surface area contributed by atoms with Crippen molar-refractivity contribution in [2.75, 3.05) is 0 Å². The minimum absolute atomic E-state index is 0.0231. The minimum atomic E-state index is -1.54. The number of hydrogen-bond acceptors (Lipinski definition) is 5. The zero-order valence-electron chi connectivity index (χ0n) is 15.3. The third kappa shape index (κ3) is 6.10. The second-order valence-corrected chi connectivity index (χ2v) is 7.02. The van der Waals surface area contributed by atoms with Gasteiger partial charge in [-0.15, -0.1) is 0 Å². The maximum absolute atomic E-state index is 12.4. The fraction of sp³-hybridized carbons (Fsp3) is 0.158. The van der Waals surface area contributed by atoms with E-state index in [1.165, 1.54) is 36.4 Å². The number of carboxylic acids is 1. The number of carboxylic acid groups (broad SMARTS) is 1. The molecule has 0 spiro atoms. The molecule has 30 heavy (non-hydrogen) atoms. The zero-order chi connectivity index (χ0) is 22.4. The van der Waals surface area contributed by atoms with Crippen molar-refractivity contribution in [3.63, 3.8) is 0 Å². The lowest BCUT2D eigenvalue weighted by atomic mass is 10.1. The Kier molecular flexibility index (Phi) is 7.62. The number of aromatic hydroxyl groups is 1. The Morgan fingerprint density at radius 3 is 2.20 bits per heavy atom. The van der Waals surface area contributed by atoms with Gasteiger partial charge in [0.1, 0.15) is 11.8 Å². The van der Waals surface area contributed by atoms with Crippen molar-refractivity contribution in [2.45, 2.75) is 19.0 Å². The van der Waals surface area contributed by atoms with Crippen LogP contribution in [-0.4, -0.2) is 39.9 Å². The molecule has 0 unspecified atom stereocenters. The number of phenols is 1. The molecule has 0 aliphatic heterocycles. The van der Waals surface area contributed by atoms with Crippen LogP contribution in [0.3, 0.4) is 0 Å². The van der Waals surface area contributed by atoms with Crippen molar-refractivity contribution in [2.24, 2.45) is 5.73 Å². The van der Waals surface area contributed by atoms with E-state index in [-0.39, 0.29) is 33.5 Å². The Bertz CT molecular complexity index is 989. The van der Waals surface area contributed by atoms with Gasteiger partial charge in [-0.05, 0) is 35.9 Å². The summed E-state index contributed by atoms with van der Waals surface area (Å²) in [5.74, 6) is -3.75. The normalized spacial score (nSPS) is 11.4. The van der Waals surface area contributed by atoms with E-state index in [4.69, 9.17) is 34.0 Å². The molecular formula is C19H17Cl2N3O6. The Morgan fingerprint density at radius 2 is 1.67 bits per heavy atom. The molecule has 3 amide bonds. The summed E-state index contributed by atoms with van der Waals surface area (Å²) >= 11 is 12.2. The quantitative estimate of drug-likeness (QED) is 0.408. The molecule has 0 aliphatic carbocycles. The summed E-state index contributed by atoms with van der Waals surface area (Å²) in [6, 6.07) is 7.00. The Morgan fingerprint density at radius 1 is 1.03 bits per heavy atom. The van der Waals surface area contributed by atoms with Crippen molar-refractivity contribution < 1.29 is 29.4 Å². The lowest BCUT2D eigenvalue weighted by Gasteiger charge is -2.15. The molecule has 0 aliphatic rings. The maximum atomic E-state index is 12.4. The van der Waals surface area contributed by atoms with Crippen LogP contribution < -0.4 is 16.4 Å². The van der Waals surface area contributed by atoms with Gasteiger partial charge in [0.15, 0.2) is 0 Å². The van der Waals surface area contributed by atoms with Gasteiger partial charge in [0.05, 0.1) is 22.0 Å². The van der Waals surface area contributed by atoms with E-state index in [0.29, 0.717) is 5.56 Å². The molecule has 0 fully saturated rings. The fourth-order valence-corrected chi connectivity index (χ4v) is 3.21. The number of halogens is 2. The number of carbonyl (C=O) groups excluding carboxylic acids is 3. The van der Waals surface area contributed by atoms with Crippen LogP contribution >= 0.6 is 23.2 Å². The van der Waals surface area contributed by atoms with E-state index in [2.05, 4.69) is 10.6 Å².